The molecule has 1 aromatic heterocycles. The van der Waals surface area contributed by atoms with Gasteiger partial charge in [0.2, 0.25) is 5.76 Å². The molecule has 2 heterocycles. The number of fused-ring (bicyclic) bond motifs is 1. The van der Waals surface area contributed by atoms with Gasteiger partial charge in [0.15, 0.2) is 0 Å². The molecule has 1 amide bonds. The molecule has 11 nitrogen and oxygen atoms in total. The van der Waals surface area contributed by atoms with E-state index >= 15 is 0 Å². The summed E-state index contributed by atoms with van der Waals surface area (Å²) < 4.78 is 4.67. The summed E-state index contributed by atoms with van der Waals surface area (Å²) in [5, 5.41) is 56.4. The fraction of sp³-hybridized carbons (Fsp3) is 0.368. The summed E-state index contributed by atoms with van der Waals surface area (Å²) in [7, 11) is 0. The molecule has 3 rings (SSSR count). The van der Waals surface area contributed by atoms with E-state index in [2.05, 4.69) is 26.3 Å². The molecule has 0 saturated heterocycles. The number of halogens is 4. The number of ether oxygens (including phenoxy) is 1. The summed E-state index contributed by atoms with van der Waals surface area (Å²) in [5.74, 6) is -3.36. The van der Waals surface area contributed by atoms with Crippen molar-refractivity contribution in [1.82, 2.24) is 15.1 Å². The minimum atomic E-state index is -2.45. The number of carboxylic acid groups (broad SMARTS) is 1. The smallest absolute Gasteiger partial charge is 0.370 e. The number of aromatic nitrogens is 2. The summed E-state index contributed by atoms with van der Waals surface area (Å²) in [5.41, 5.74) is 0.365. The second kappa shape index (κ2) is 10.2. The number of carbonyl (C=O) groups excluding carboxylic acids is 1. The Balaban J connectivity index is 2.24. The van der Waals surface area contributed by atoms with Crippen LogP contribution in [-0.2, 0) is 14.3 Å². The summed E-state index contributed by atoms with van der Waals surface area (Å²) in [4.78, 5) is 24.3. The highest BCUT2D eigenvalue weighted by Gasteiger charge is 2.47. The molecule has 1 aromatic carbocycles. The van der Waals surface area contributed by atoms with Gasteiger partial charge in [-0.05, 0) is 24.3 Å². The van der Waals surface area contributed by atoms with E-state index in [1.807, 2.05) is 6.07 Å². The molecule has 0 unspecified atom stereocenters. The lowest BCUT2D eigenvalue weighted by molar-refractivity contribution is -0.147. The van der Waals surface area contributed by atoms with Gasteiger partial charge in [-0.25, -0.2) is 9.48 Å². The molecule has 2 aromatic rings. The van der Waals surface area contributed by atoms with Gasteiger partial charge in [-0.1, -0.05) is 50.7 Å². The predicted octanol–water partition coefficient (Wildman–Crippen LogP) is 1.15. The largest absolute Gasteiger partial charge is 0.478 e. The zero-order valence-corrected chi connectivity index (χ0v) is 20.6. The Bertz CT molecular complexity index is 1190. The van der Waals surface area contributed by atoms with Crippen LogP contribution in [0.4, 0.5) is 0 Å². The number of aliphatic carboxylic acids is 1. The Labute approximate surface area is 215 Å². The first-order chi connectivity index (χ1) is 15.9. The molecule has 0 bridgehead atoms. The lowest BCUT2D eigenvalue weighted by Gasteiger charge is -2.40. The summed E-state index contributed by atoms with van der Waals surface area (Å²) >= 11 is 20.3. The van der Waals surface area contributed by atoms with Crippen molar-refractivity contribution < 1.29 is 34.8 Å². The van der Waals surface area contributed by atoms with Crippen LogP contribution in [0.1, 0.15) is 11.7 Å². The number of nitrogens with zero attached hydrogens (tertiary/aromatic N) is 3. The van der Waals surface area contributed by atoms with Gasteiger partial charge in [0.25, 0.3) is 9.70 Å². The highest BCUT2D eigenvalue weighted by Crippen LogP contribution is 2.35. The highest BCUT2D eigenvalue weighted by molar-refractivity contribution is 9.10. The van der Waals surface area contributed by atoms with E-state index in [0.717, 1.165) is 10.8 Å². The van der Waals surface area contributed by atoms with Crippen molar-refractivity contribution >= 4 is 73.5 Å². The summed E-state index contributed by atoms with van der Waals surface area (Å²) in [6.07, 6.45) is -4.29. The van der Waals surface area contributed by atoms with Crippen LogP contribution in [-0.4, -0.2) is 76.8 Å². The molecule has 5 N–H and O–H groups in total. The van der Waals surface area contributed by atoms with Gasteiger partial charge in [0, 0.05) is 9.86 Å². The van der Waals surface area contributed by atoms with Crippen molar-refractivity contribution in [2.75, 3.05) is 6.61 Å². The maximum atomic E-state index is 12.5. The molecule has 0 spiro atoms. The lowest BCUT2D eigenvalue weighted by atomic mass is 9.92. The Morgan fingerprint density at radius 1 is 1.35 bits per heavy atom. The molecule has 0 fully saturated rings. The van der Waals surface area contributed by atoms with Crippen molar-refractivity contribution in [3.8, 4) is 6.07 Å². The molecule has 1 aliphatic rings. The number of hydrogen-bond donors (Lipinski definition) is 5. The Hall–Kier alpha value is -2.11. The minimum absolute atomic E-state index is 0.00623. The Kier molecular flexibility index (Phi) is 7.99. The van der Waals surface area contributed by atoms with Crippen LogP contribution in [0, 0.1) is 11.3 Å². The molecule has 15 heteroatoms. The molecule has 0 radical (unpaired) electrons. The van der Waals surface area contributed by atoms with Crippen molar-refractivity contribution in [2.24, 2.45) is 0 Å². The first kappa shape index (κ1) is 26.5. The van der Waals surface area contributed by atoms with E-state index in [-0.39, 0.29) is 5.69 Å². The second-order valence-corrected chi connectivity index (χ2v) is 10.4. The highest BCUT2D eigenvalue weighted by atomic mass is 79.9. The third-order valence-corrected chi connectivity index (χ3v) is 6.05. The number of benzene rings is 1. The van der Waals surface area contributed by atoms with E-state index in [1.54, 1.807) is 18.2 Å². The normalized spacial score (nSPS) is 22.3. The van der Waals surface area contributed by atoms with E-state index in [0.29, 0.717) is 15.4 Å². The van der Waals surface area contributed by atoms with Gasteiger partial charge < -0.3 is 30.5 Å². The van der Waals surface area contributed by atoms with Gasteiger partial charge >= 0.3 is 5.97 Å². The summed E-state index contributed by atoms with van der Waals surface area (Å²) in [6, 6.07) is 4.22. The molecule has 0 aliphatic carbocycles. The number of carbonyl (C=O) groups is 2. The van der Waals surface area contributed by atoms with E-state index in [1.165, 1.54) is 0 Å². The number of nitriles is 1. The van der Waals surface area contributed by atoms with Crippen molar-refractivity contribution in [2.45, 2.75) is 34.2 Å². The predicted molar refractivity (Wildman–Crippen MR) is 123 cm³/mol. The number of amides is 1. The maximum absolute atomic E-state index is 12.5. The van der Waals surface area contributed by atoms with Crippen LogP contribution in [0.5, 0.6) is 0 Å². The van der Waals surface area contributed by atoms with Gasteiger partial charge in [0.1, 0.15) is 30.1 Å². The minimum Gasteiger partial charge on any atom is -0.478 e. The maximum Gasteiger partial charge on any atom is 0.370 e. The number of alkyl halides is 3. The van der Waals surface area contributed by atoms with Crippen molar-refractivity contribution in [3.63, 3.8) is 0 Å². The molecule has 5 atom stereocenters. The standard InChI is InChI=1S/C19H16BrCl3N4O7/c20-7-1-2-9-8(3-7)11(5-24)27(26-9)10-4-13(17(31)32)34-16(15(30)12(29)6-28)14(10)25-18(33)19(21,22)23/h1-4,10,12,14-16,28-30H,6H2,(H,25,33)(H,31,32)/t10-,12+,14+,15+,16+/m0/s1. The number of nitrogens with one attached hydrogen (secondary N) is 1. The zero-order chi connectivity index (χ0) is 25.4. The number of hydrogen-bond acceptors (Lipinski definition) is 8. The SMILES string of the molecule is N#Cc1c2cc(Br)ccc2nn1[C@H]1C=C(C(=O)O)O[C@@H]([C@H](O)[C@H](O)CO)[C@@H]1NC(=O)C(Cl)(Cl)Cl. The van der Waals surface area contributed by atoms with E-state index < -0.39 is 58.4 Å². The average Bonchev–Trinajstić information content (AvgIpc) is 3.14. The van der Waals surface area contributed by atoms with Crippen molar-refractivity contribution in [1.29, 1.82) is 5.26 Å². The Morgan fingerprint density at radius 3 is 2.59 bits per heavy atom. The fourth-order valence-electron chi connectivity index (χ4n) is 3.47. The fourth-order valence-corrected chi connectivity index (χ4v) is 3.99. The molecule has 1 aliphatic heterocycles. The average molecular weight is 599 g/mol. The van der Waals surface area contributed by atoms with Crippen LogP contribution >= 0.6 is 50.7 Å². The topological polar surface area (TPSA) is 178 Å². The number of aliphatic hydroxyl groups is 3. The second-order valence-electron chi connectivity index (χ2n) is 7.21. The number of aliphatic hydroxyl groups excluding tert-OH is 3. The zero-order valence-electron chi connectivity index (χ0n) is 16.8. The summed E-state index contributed by atoms with van der Waals surface area (Å²) in [6.45, 7) is -0.911. The third-order valence-electron chi connectivity index (χ3n) is 5.04. The quantitative estimate of drug-likeness (QED) is 0.305. The molecular weight excluding hydrogens is 582 g/mol. The Morgan fingerprint density at radius 2 is 2.03 bits per heavy atom. The van der Waals surface area contributed by atoms with Gasteiger partial charge in [-0.15, -0.1) is 0 Å². The first-order valence-electron chi connectivity index (χ1n) is 9.43. The molecule has 182 valence electrons. The van der Waals surface area contributed by atoms with E-state index in [9.17, 15) is 35.3 Å². The van der Waals surface area contributed by atoms with Crippen LogP contribution < -0.4 is 5.32 Å². The molecular formula is C19H16BrCl3N4O7. The lowest BCUT2D eigenvalue weighted by Crippen LogP contribution is -2.60. The van der Waals surface area contributed by atoms with Crippen LogP contribution in [0.3, 0.4) is 0 Å². The van der Waals surface area contributed by atoms with Crippen molar-refractivity contribution in [3.05, 3.63) is 40.2 Å². The van der Waals surface area contributed by atoms with Crippen LogP contribution in [0.15, 0.2) is 34.5 Å². The first-order valence-corrected chi connectivity index (χ1v) is 11.4. The number of rotatable bonds is 6. The molecule has 34 heavy (non-hydrogen) atoms. The van der Waals surface area contributed by atoms with Gasteiger partial charge in [0.05, 0.1) is 24.2 Å². The molecule has 0 saturated carbocycles. The van der Waals surface area contributed by atoms with Gasteiger partial charge in [-0.2, -0.15) is 10.4 Å². The monoisotopic (exact) mass is 596 g/mol. The third kappa shape index (κ3) is 5.26. The van der Waals surface area contributed by atoms with Gasteiger partial charge in [-0.3, -0.25) is 4.79 Å². The number of carboxylic acids is 1. The van der Waals surface area contributed by atoms with Crippen LogP contribution in [0.2, 0.25) is 0 Å². The van der Waals surface area contributed by atoms with Crippen LogP contribution in [0.25, 0.3) is 10.9 Å². The van der Waals surface area contributed by atoms with E-state index in [4.69, 9.17) is 39.5 Å².